The molecule has 2 unspecified atom stereocenters. The summed E-state index contributed by atoms with van der Waals surface area (Å²) in [5.74, 6) is -3.60. The van der Waals surface area contributed by atoms with Crippen molar-refractivity contribution in [3.63, 3.8) is 0 Å². The second kappa shape index (κ2) is 5.44. The Kier molecular flexibility index (Phi) is 3.87. The van der Waals surface area contributed by atoms with Gasteiger partial charge in [-0.3, -0.25) is 4.79 Å². The van der Waals surface area contributed by atoms with E-state index in [4.69, 9.17) is 5.11 Å². The summed E-state index contributed by atoms with van der Waals surface area (Å²) in [4.78, 5) is 24.3. The summed E-state index contributed by atoms with van der Waals surface area (Å²) in [6.45, 7) is 1.96. The van der Waals surface area contributed by atoms with Crippen LogP contribution >= 0.6 is 0 Å². The van der Waals surface area contributed by atoms with Gasteiger partial charge in [-0.25, -0.2) is 13.6 Å². The van der Waals surface area contributed by atoms with Gasteiger partial charge >= 0.3 is 12.0 Å². The van der Waals surface area contributed by atoms with Crippen LogP contribution in [0.3, 0.4) is 0 Å². The fourth-order valence-electron chi connectivity index (χ4n) is 2.33. The van der Waals surface area contributed by atoms with Gasteiger partial charge in [0.15, 0.2) is 11.6 Å². The number of urea groups is 1. The van der Waals surface area contributed by atoms with Gasteiger partial charge in [0, 0.05) is 24.3 Å². The number of benzene rings is 1. The first-order chi connectivity index (χ1) is 9.40. The Balaban J connectivity index is 2.05. The van der Waals surface area contributed by atoms with Gasteiger partial charge in [-0.15, -0.1) is 0 Å². The number of hydrogen-bond acceptors (Lipinski definition) is 2. The molecule has 2 amide bonds. The molecule has 20 heavy (non-hydrogen) atoms. The minimum atomic E-state index is -1.05. The summed E-state index contributed by atoms with van der Waals surface area (Å²) < 4.78 is 25.8. The average molecular weight is 284 g/mol. The van der Waals surface area contributed by atoms with E-state index >= 15 is 0 Å². The van der Waals surface area contributed by atoms with E-state index in [-0.39, 0.29) is 5.69 Å². The molecule has 0 aromatic heterocycles. The van der Waals surface area contributed by atoms with Gasteiger partial charge in [-0.05, 0) is 25.5 Å². The highest BCUT2D eigenvalue weighted by molar-refractivity contribution is 5.90. The van der Waals surface area contributed by atoms with Gasteiger partial charge in [0.2, 0.25) is 0 Å². The smallest absolute Gasteiger partial charge is 0.322 e. The van der Waals surface area contributed by atoms with Gasteiger partial charge in [0.05, 0.1) is 5.92 Å². The molecule has 1 heterocycles. The van der Waals surface area contributed by atoms with E-state index in [2.05, 4.69) is 5.32 Å². The predicted octanol–water partition coefficient (Wildman–Crippen LogP) is 2.29. The zero-order chi connectivity index (χ0) is 14.9. The summed E-state index contributed by atoms with van der Waals surface area (Å²) >= 11 is 0. The van der Waals surface area contributed by atoms with Crippen molar-refractivity contribution >= 4 is 17.7 Å². The molecule has 1 aromatic rings. The van der Waals surface area contributed by atoms with Gasteiger partial charge < -0.3 is 15.3 Å². The van der Waals surface area contributed by atoms with Crippen LogP contribution in [0.4, 0.5) is 19.3 Å². The van der Waals surface area contributed by atoms with Gasteiger partial charge in [0.25, 0.3) is 0 Å². The van der Waals surface area contributed by atoms with Crippen molar-refractivity contribution in [3.8, 4) is 0 Å². The van der Waals surface area contributed by atoms with E-state index in [1.54, 1.807) is 6.92 Å². The van der Waals surface area contributed by atoms with Crippen molar-refractivity contribution in [1.29, 1.82) is 0 Å². The van der Waals surface area contributed by atoms with Crippen molar-refractivity contribution in [2.24, 2.45) is 5.92 Å². The van der Waals surface area contributed by atoms with Crippen LogP contribution in [0.1, 0.15) is 13.3 Å². The first kappa shape index (κ1) is 14.2. The zero-order valence-corrected chi connectivity index (χ0v) is 10.8. The number of likely N-dealkylation sites (tertiary alicyclic amines) is 1. The van der Waals surface area contributed by atoms with E-state index in [0.29, 0.717) is 13.0 Å². The lowest BCUT2D eigenvalue weighted by Gasteiger charge is -2.23. The molecule has 2 rings (SSSR count). The number of aliphatic carboxylic acids is 1. The molecule has 1 fully saturated rings. The fraction of sp³-hybridized carbons (Fsp3) is 0.385. The number of hydrogen-bond donors (Lipinski definition) is 2. The standard InChI is InChI=1S/C13H14F2N2O3/c1-7-9(12(18)19)4-5-17(7)13(20)16-8-2-3-10(14)11(15)6-8/h2-3,6-7,9H,4-5H2,1H3,(H,16,20)(H,18,19). The maximum Gasteiger partial charge on any atom is 0.322 e. The quantitative estimate of drug-likeness (QED) is 0.875. The molecule has 7 heteroatoms. The Bertz CT molecular complexity index is 550. The highest BCUT2D eigenvalue weighted by atomic mass is 19.2. The summed E-state index contributed by atoms with van der Waals surface area (Å²) in [6.07, 6.45) is 0.377. The minimum absolute atomic E-state index is 0.125. The van der Waals surface area contributed by atoms with Gasteiger partial charge in [-0.2, -0.15) is 0 Å². The molecule has 0 bridgehead atoms. The predicted molar refractivity (Wildman–Crippen MR) is 67.3 cm³/mol. The van der Waals surface area contributed by atoms with Crippen LogP contribution in [0.25, 0.3) is 0 Å². The number of carbonyl (C=O) groups is 2. The normalized spacial score (nSPS) is 21.9. The Morgan fingerprint density at radius 1 is 1.35 bits per heavy atom. The molecule has 108 valence electrons. The van der Waals surface area contributed by atoms with E-state index < -0.39 is 35.6 Å². The summed E-state index contributed by atoms with van der Waals surface area (Å²) in [6, 6.07) is 2.07. The molecule has 0 aliphatic carbocycles. The second-order valence-corrected chi connectivity index (χ2v) is 4.73. The van der Waals surface area contributed by atoms with Crippen molar-refractivity contribution in [2.75, 3.05) is 11.9 Å². The van der Waals surface area contributed by atoms with Crippen molar-refractivity contribution in [3.05, 3.63) is 29.8 Å². The number of carboxylic acids is 1. The maximum absolute atomic E-state index is 13.0. The van der Waals surface area contributed by atoms with Crippen LogP contribution < -0.4 is 5.32 Å². The number of nitrogens with one attached hydrogen (secondary N) is 1. The largest absolute Gasteiger partial charge is 0.481 e. The molecule has 1 aliphatic rings. The molecule has 1 aromatic carbocycles. The summed E-state index contributed by atoms with van der Waals surface area (Å²) in [5.41, 5.74) is 0.125. The number of carboxylic acid groups (broad SMARTS) is 1. The third kappa shape index (κ3) is 2.71. The van der Waals surface area contributed by atoms with Crippen LogP contribution in [0.15, 0.2) is 18.2 Å². The van der Waals surface area contributed by atoms with E-state index in [9.17, 15) is 18.4 Å². The van der Waals surface area contributed by atoms with Crippen molar-refractivity contribution in [2.45, 2.75) is 19.4 Å². The van der Waals surface area contributed by atoms with Crippen LogP contribution in [0, 0.1) is 17.6 Å². The van der Waals surface area contributed by atoms with Gasteiger partial charge in [0.1, 0.15) is 0 Å². The van der Waals surface area contributed by atoms with Gasteiger partial charge in [-0.1, -0.05) is 0 Å². The molecule has 2 atom stereocenters. The molecular formula is C13H14F2N2O3. The minimum Gasteiger partial charge on any atom is -0.481 e. The van der Waals surface area contributed by atoms with Crippen LogP contribution in [0.2, 0.25) is 0 Å². The zero-order valence-electron chi connectivity index (χ0n) is 10.8. The molecule has 1 aliphatic heterocycles. The number of halogens is 2. The first-order valence-electron chi connectivity index (χ1n) is 6.15. The third-order valence-corrected chi connectivity index (χ3v) is 3.50. The van der Waals surface area contributed by atoms with E-state index in [1.165, 1.54) is 11.0 Å². The Morgan fingerprint density at radius 3 is 2.60 bits per heavy atom. The van der Waals surface area contributed by atoms with E-state index in [1.807, 2.05) is 0 Å². The summed E-state index contributed by atoms with van der Waals surface area (Å²) in [5, 5.41) is 11.4. The highest BCUT2D eigenvalue weighted by Gasteiger charge is 2.38. The second-order valence-electron chi connectivity index (χ2n) is 4.73. The molecule has 5 nitrogen and oxygen atoms in total. The average Bonchev–Trinajstić information content (AvgIpc) is 2.76. The molecule has 2 N–H and O–H groups in total. The molecule has 0 radical (unpaired) electrons. The van der Waals surface area contributed by atoms with Crippen molar-refractivity contribution < 1.29 is 23.5 Å². The third-order valence-electron chi connectivity index (χ3n) is 3.50. The number of amides is 2. The number of nitrogens with zero attached hydrogens (tertiary/aromatic N) is 1. The Morgan fingerprint density at radius 2 is 2.05 bits per heavy atom. The lowest BCUT2D eigenvalue weighted by atomic mass is 10.0. The van der Waals surface area contributed by atoms with Crippen LogP contribution in [-0.4, -0.2) is 34.6 Å². The first-order valence-corrected chi connectivity index (χ1v) is 6.15. The maximum atomic E-state index is 13.0. The number of rotatable bonds is 2. The summed E-state index contributed by atoms with van der Waals surface area (Å²) in [7, 11) is 0. The van der Waals surface area contributed by atoms with E-state index in [0.717, 1.165) is 12.1 Å². The molecule has 0 spiro atoms. The molecular weight excluding hydrogens is 270 g/mol. The monoisotopic (exact) mass is 284 g/mol. The topological polar surface area (TPSA) is 69.6 Å². The molecule has 0 saturated carbocycles. The lowest BCUT2D eigenvalue weighted by Crippen LogP contribution is -2.40. The fourth-order valence-corrected chi connectivity index (χ4v) is 2.33. The Labute approximate surface area is 114 Å². The Hall–Kier alpha value is -2.18. The molecule has 1 saturated heterocycles. The number of anilines is 1. The van der Waals surface area contributed by atoms with Crippen LogP contribution in [-0.2, 0) is 4.79 Å². The lowest BCUT2D eigenvalue weighted by molar-refractivity contribution is -0.142. The van der Waals surface area contributed by atoms with Crippen LogP contribution in [0.5, 0.6) is 0 Å². The highest BCUT2D eigenvalue weighted by Crippen LogP contribution is 2.25. The number of carbonyl (C=O) groups excluding carboxylic acids is 1. The SMILES string of the molecule is CC1C(C(=O)O)CCN1C(=O)Nc1ccc(F)c(F)c1. The van der Waals surface area contributed by atoms with Crippen molar-refractivity contribution in [1.82, 2.24) is 4.90 Å².